The van der Waals surface area contributed by atoms with Crippen molar-refractivity contribution in [3.8, 4) is 0 Å². The van der Waals surface area contributed by atoms with Gasteiger partial charge in [-0.05, 0) is 12.0 Å². The van der Waals surface area contributed by atoms with Crippen LogP contribution in [0.5, 0.6) is 0 Å². The largest absolute Gasteiger partial charge is 0.379 e. The molecule has 1 atom stereocenters. The molecular weight excluding hydrogens is 214 g/mol. The molecule has 17 heavy (non-hydrogen) atoms. The summed E-state index contributed by atoms with van der Waals surface area (Å²) in [4.78, 5) is 13.0. The predicted octanol–water partition coefficient (Wildman–Crippen LogP) is 2.04. The molecule has 0 spiro atoms. The Morgan fingerprint density at radius 1 is 1.24 bits per heavy atom. The molecule has 0 aliphatic carbocycles. The van der Waals surface area contributed by atoms with Gasteiger partial charge in [-0.15, -0.1) is 0 Å². The van der Waals surface area contributed by atoms with Crippen molar-refractivity contribution >= 4 is 6.29 Å². The number of nitrogens with zero attached hydrogens (tertiary/aromatic N) is 1. The lowest BCUT2D eigenvalue weighted by Crippen LogP contribution is -2.39. The zero-order valence-corrected chi connectivity index (χ0v) is 10.0. The summed E-state index contributed by atoms with van der Waals surface area (Å²) >= 11 is 0. The zero-order chi connectivity index (χ0) is 11.9. The maximum absolute atomic E-state index is 10.6. The second-order valence-electron chi connectivity index (χ2n) is 4.32. The summed E-state index contributed by atoms with van der Waals surface area (Å²) in [5.41, 5.74) is 1.30. The van der Waals surface area contributed by atoms with Crippen molar-refractivity contribution in [3.63, 3.8) is 0 Å². The van der Waals surface area contributed by atoms with E-state index in [4.69, 9.17) is 4.74 Å². The normalized spacial score (nSPS) is 18.8. The van der Waals surface area contributed by atoms with E-state index in [0.717, 1.165) is 39.0 Å². The molecule has 2 rings (SSSR count). The lowest BCUT2D eigenvalue weighted by molar-refractivity contribution is -0.108. The van der Waals surface area contributed by atoms with Crippen LogP contribution in [0.2, 0.25) is 0 Å². The first-order valence-electron chi connectivity index (χ1n) is 6.22. The van der Waals surface area contributed by atoms with Crippen LogP contribution in [0, 0.1) is 0 Å². The Hall–Kier alpha value is -1.19. The number of aldehydes is 1. The number of morpholine rings is 1. The van der Waals surface area contributed by atoms with E-state index in [0.29, 0.717) is 12.5 Å². The number of hydrogen-bond acceptors (Lipinski definition) is 3. The Bertz CT molecular complexity index is 333. The minimum atomic E-state index is 0.352. The number of carbonyl (C=O) groups excluding carboxylic acids is 1. The third kappa shape index (κ3) is 3.38. The highest BCUT2D eigenvalue weighted by molar-refractivity contribution is 5.49. The smallest absolute Gasteiger partial charge is 0.120 e. The highest BCUT2D eigenvalue weighted by atomic mass is 16.5. The van der Waals surface area contributed by atoms with Crippen LogP contribution in [-0.2, 0) is 9.53 Å². The van der Waals surface area contributed by atoms with E-state index in [1.807, 2.05) is 6.07 Å². The van der Waals surface area contributed by atoms with Crippen molar-refractivity contribution in [2.75, 3.05) is 26.3 Å². The highest BCUT2D eigenvalue weighted by Crippen LogP contribution is 2.25. The Morgan fingerprint density at radius 3 is 2.59 bits per heavy atom. The van der Waals surface area contributed by atoms with E-state index >= 15 is 0 Å². The molecule has 1 aromatic rings. The van der Waals surface area contributed by atoms with E-state index in [9.17, 15) is 4.79 Å². The van der Waals surface area contributed by atoms with Crippen molar-refractivity contribution in [3.05, 3.63) is 35.9 Å². The van der Waals surface area contributed by atoms with Crippen LogP contribution in [0.4, 0.5) is 0 Å². The molecule has 0 aromatic heterocycles. The van der Waals surface area contributed by atoms with Gasteiger partial charge in [0.25, 0.3) is 0 Å². The lowest BCUT2D eigenvalue weighted by atomic mass is 10.0. The van der Waals surface area contributed by atoms with Gasteiger partial charge in [0.2, 0.25) is 0 Å². The number of ether oxygens (including phenoxy) is 1. The lowest BCUT2D eigenvalue weighted by Gasteiger charge is -2.34. The van der Waals surface area contributed by atoms with E-state index in [1.165, 1.54) is 5.56 Å². The fraction of sp³-hybridized carbons (Fsp3) is 0.500. The van der Waals surface area contributed by atoms with E-state index in [-0.39, 0.29) is 0 Å². The summed E-state index contributed by atoms with van der Waals surface area (Å²) in [5, 5.41) is 0. The molecule has 1 aromatic carbocycles. The summed E-state index contributed by atoms with van der Waals surface area (Å²) < 4.78 is 5.38. The van der Waals surface area contributed by atoms with Crippen LogP contribution in [-0.4, -0.2) is 37.5 Å². The minimum absolute atomic E-state index is 0.352. The topological polar surface area (TPSA) is 29.5 Å². The predicted molar refractivity (Wildman–Crippen MR) is 66.9 cm³/mol. The average Bonchev–Trinajstić information content (AvgIpc) is 2.42. The summed E-state index contributed by atoms with van der Waals surface area (Å²) in [6.45, 7) is 3.51. The molecule has 1 aliphatic heterocycles. The third-order valence-corrected chi connectivity index (χ3v) is 3.23. The van der Waals surface area contributed by atoms with Gasteiger partial charge in [0.15, 0.2) is 0 Å². The Balaban J connectivity index is 2.09. The van der Waals surface area contributed by atoms with Crippen LogP contribution in [0.1, 0.15) is 24.4 Å². The quantitative estimate of drug-likeness (QED) is 0.729. The molecule has 1 heterocycles. The van der Waals surface area contributed by atoms with Crippen molar-refractivity contribution < 1.29 is 9.53 Å². The van der Waals surface area contributed by atoms with Gasteiger partial charge in [-0.3, -0.25) is 4.90 Å². The van der Waals surface area contributed by atoms with Gasteiger partial charge >= 0.3 is 0 Å². The van der Waals surface area contributed by atoms with Crippen molar-refractivity contribution in [1.29, 1.82) is 0 Å². The summed E-state index contributed by atoms with van der Waals surface area (Å²) in [5.74, 6) is 0. The van der Waals surface area contributed by atoms with E-state index < -0.39 is 0 Å². The summed E-state index contributed by atoms with van der Waals surface area (Å²) in [7, 11) is 0. The number of rotatable bonds is 5. The Kier molecular flexibility index (Phi) is 4.71. The maximum atomic E-state index is 10.6. The van der Waals surface area contributed by atoms with Crippen LogP contribution in [0.3, 0.4) is 0 Å². The number of benzene rings is 1. The SMILES string of the molecule is O=CCCC(c1ccccc1)N1CCOCC1. The van der Waals surface area contributed by atoms with Gasteiger partial charge in [-0.2, -0.15) is 0 Å². The van der Waals surface area contributed by atoms with E-state index in [2.05, 4.69) is 29.2 Å². The Labute approximate surface area is 102 Å². The average molecular weight is 233 g/mol. The molecule has 1 saturated heterocycles. The molecule has 0 bridgehead atoms. The van der Waals surface area contributed by atoms with Crippen molar-refractivity contribution in [1.82, 2.24) is 4.90 Å². The van der Waals surface area contributed by atoms with Gasteiger partial charge in [-0.1, -0.05) is 30.3 Å². The summed E-state index contributed by atoms with van der Waals surface area (Å²) in [6, 6.07) is 10.8. The van der Waals surface area contributed by atoms with Gasteiger partial charge < -0.3 is 9.53 Å². The fourth-order valence-corrected chi connectivity index (χ4v) is 2.35. The first-order valence-corrected chi connectivity index (χ1v) is 6.22. The van der Waals surface area contributed by atoms with Gasteiger partial charge in [0.05, 0.1) is 13.2 Å². The number of hydrogen-bond donors (Lipinski definition) is 0. The first-order chi connectivity index (χ1) is 8.42. The third-order valence-electron chi connectivity index (χ3n) is 3.23. The standard InChI is InChI=1S/C14H19NO2/c16-10-4-7-14(13-5-2-1-3-6-13)15-8-11-17-12-9-15/h1-3,5-6,10,14H,4,7-9,11-12H2. The molecule has 0 N–H and O–H groups in total. The fourth-order valence-electron chi connectivity index (χ4n) is 2.35. The molecular formula is C14H19NO2. The molecule has 3 nitrogen and oxygen atoms in total. The maximum Gasteiger partial charge on any atom is 0.120 e. The summed E-state index contributed by atoms with van der Waals surface area (Å²) in [6.07, 6.45) is 2.53. The molecule has 3 heteroatoms. The first kappa shape index (κ1) is 12.3. The van der Waals surface area contributed by atoms with Crippen LogP contribution in [0.15, 0.2) is 30.3 Å². The second kappa shape index (κ2) is 6.52. The minimum Gasteiger partial charge on any atom is -0.379 e. The monoisotopic (exact) mass is 233 g/mol. The van der Waals surface area contributed by atoms with Crippen LogP contribution in [0.25, 0.3) is 0 Å². The Morgan fingerprint density at radius 2 is 1.94 bits per heavy atom. The molecule has 1 fully saturated rings. The molecule has 92 valence electrons. The van der Waals surface area contributed by atoms with Gasteiger partial charge in [-0.25, -0.2) is 0 Å². The second-order valence-corrected chi connectivity index (χ2v) is 4.32. The molecule has 0 radical (unpaired) electrons. The van der Waals surface area contributed by atoms with Gasteiger partial charge in [0.1, 0.15) is 6.29 Å². The zero-order valence-electron chi connectivity index (χ0n) is 10.0. The van der Waals surface area contributed by atoms with Gasteiger partial charge in [0, 0.05) is 25.6 Å². The molecule has 1 unspecified atom stereocenters. The molecule has 1 aliphatic rings. The van der Waals surface area contributed by atoms with Crippen LogP contribution < -0.4 is 0 Å². The highest BCUT2D eigenvalue weighted by Gasteiger charge is 2.21. The van der Waals surface area contributed by atoms with E-state index in [1.54, 1.807) is 0 Å². The van der Waals surface area contributed by atoms with Crippen LogP contribution >= 0.6 is 0 Å². The molecule has 0 amide bonds. The van der Waals surface area contributed by atoms with Crippen molar-refractivity contribution in [2.45, 2.75) is 18.9 Å². The number of carbonyl (C=O) groups is 1. The van der Waals surface area contributed by atoms with Crippen molar-refractivity contribution in [2.24, 2.45) is 0 Å². The molecule has 0 saturated carbocycles.